The number of nitrogens with one attached hydrogen (secondary N) is 1. The van der Waals surface area contributed by atoms with E-state index in [0.717, 1.165) is 32.2 Å². The Morgan fingerprint density at radius 2 is 1.40 bits per heavy atom. The zero-order chi connectivity index (χ0) is 10.1. The van der Waals surface area contributed by atoms with Gasteiger partial charge in [0.1, 0.15) is 0 Å². The van der Waals surface area contributed by atoms with Gasteiger partial charge >= 0.3 is 0 Å². The highest BCUT2D eigenvalue weighted by Crippen LogP contribution is 2.44. The molecule has 2 aliphatic rings. The van der Waals surface area contributed by atoms with Crippen molar-refractivity contribution in [2.75, 3.05) is 6.54 Å². The van der Waals surface area contributed by atoms with E-state index in [-0.39, 0.29) is 18.8 Å². The first-order valence-electron chi connectivity index (χ1n) is 5.79. The third-order valence-electron chi connectivity index (χ3n) is 3.79. The molecule has 1 saturated carbocycles. The Balaban J connectivity index is 0.00000112. The first-order valence-corrected chi connectivity index (χ1v) is 5.79. The van der Waals surface area contributed by atoms with Crippen molar-refractivity contribution < 1.29 is 8.78 Å². The molecular formula is C11H20ClF2N. The van der Waals surface area contributed by atoms with E-state index in [2.05, 4.69) is 5.32 Å². The Labute approximate surface area is 96.4 Å². The first kappa shape index (κ1) is 13.2. The average Bonchev–Trinajstić information content (AvgIpc) is 2.37. The maximum Gasteiger partial charge on any atom is 0.265 e. The van der Waals surface area contributed by atoms with Crippen molar-refractivity contribution in [3.63, 3.8) is 0 Å². The first-order chi connectivity index (χ1) is 6.66. The summed E-state index contributed by atoms with van der Waals surface area (Å²) in [6.45, 7) is 0.773. The summed E-state index contributed by atoms with van der Waals surface area (Å²) in [6.07, 6.45) is 6.21. The van der Waals surface area contributed by atoms with Gasteiger partial charge < -0.3 is 5.32 Å². The molecule has 4 heteroatoms. The molecular weight excluding hydrogens is 220 g/mol. The summed E-state index contributed by atoms with van der Waals surface area (Å²) in [5, 5.41) is 3.11. The van der Waals surface area contributed by atoms with Gasteiger partial charge in [-0.15, -0.1) is 12.4 Å². The zero-order valence-corrected chi connectivity index (χ0v) is 9.84. The zero-order valence-electron chi connectivity index (χ0n) is 9.03. The van der Waals surface area contributed by atoms with E-state index in [1.807, 2.05) is 0 Å². The molecule has 0 aromatic heterocycles. The predicted octanol–water partition coefficient (Wildman–Crippen LogP) is 3.52. The molecule has 0 amide bonds. The highest BCUT2D eigenvalue weighted by Gasteiger charge is 2.53. The standard InChI is InChI=1S/C11H19F2N.ClH/c12-11(13)8-5-9-14-10(11)6-3-1-2-4-7-10;/h14H,1-9H2;1H. The second kappa shape index (κ2) is 4.96. The molecule has 1 aliphatic carbocycles. The summed E-state index contributed by atoms with van der Waals surface area (Å²) in [6, 6.07) is 0. The molecule has 0 unspecified atom stereocenters. The van der Waals surface area contributed by atoms with Crippen LogP contribution in [0.1, 0.15) is 51.4 Å². The Morgan fingerprint density at radius 1 is 0.800 bits per heavy atom. The van der Waals surface area contributed by atoms with Gasteiger partial charge in [0.2, 0.25) is 0 Å². The maximum atomic E-state index is 13.9. The molecule has 0 aromatic carbocycles. The lowest BCUT2D eigenvalue weighted by molar-refractivity contribution is -0.119. The summed E-state index contributed by atoms with van der Waals surface area (Å²) >= 11 is 0. The van der Waals surface area contributed by atoms with Gasteiger partial charge in [-0.05, 0) is 25.8 Å². The molecule has 2 fully saturated rings. The van der Waals surface area contributed by atoms with Crippen LogP contribution < -0.4 is 5.32 Å². The fourth-order valence-corrected chi connectivity index (χ4v) is 2.88. The van der Waals surface area contributed by atoms with Crippen LogP contribution in [0.2, 0.25) is 0 Å². The van der Waals surface area contributed by atoms with E-state index in [4.69, 9.17) is 0 Å². The second-order valence-electron chi connectivity index (χ2n) is 4.73. The SMILES string of the molecule is Cl.FC1(F)CCCNC12CCCCCC2. The van der Waals surface area contributed by atoms with Crippen LogP contribution in [0.25, 0.3) is 0 Å². The summed E-state index contributed by atoms with van der Waals surface area (Å²) < 4.78 is 27.7. The molecule has 1 spiro atoms. The lowest BCUT2D eigenvalue weighted by Gasteiger charge is -2.44. The maximum absolute atomic E-state index is 13.9. The van der Waals surface area contributed by atoms with Crippen LogP contribution in [0.15, 0.2) is 0 Å². The van der Waals surface area contributed by atoms with Crippen LogP contribution in [-0.4, -0.2) is 18.0 Å². The van der Waals surface area contributed by atoms with Gasteiger partial charge in [0.15, 0.2) is 0 Å². The summed E-state index contributed by atoms with van der Waals surface area (Å²) in [7, 11) is 0. The molecule has 0 atom stereocenters. The Kier molecular flexibility index (Phi) is 4.36. The fraction of sp³-hybridized carbons (Fsp3) is 1.00. The lowest BCUT2D eigenvalue weighted by atomic mass is 9.79. The number of hydrogen-bond donors (Lipinski definition) is 1. The highest BCUT2D eigenvalue weighted by atomic mass is 35.5. The number of halogens is 3. The van der Waals surface area contributed by atoms with E-state index in [0.29, 0.717) is 19.3 Å². The minimum absolute atomic E-state index is 0. The fourth-order valence-electron chi connectivity index (χ4n) is 2.88. The number of hydrogen-bond acceptors (Lipinski definition) is 1. The minimum atomic E-state index is -2.48. The van der Waals surface area contributed by atoms with Gasteiger partial charge in [-0.25, -0.2) is 8.78 Å². The molecule has 1 saturated heterocycles. The van der Waals surface area contributed by atoms with Gasteiger partial charge in [0, 0.05) is 6.42 Å². The summed E-state index contributed by atoms with van der Waals surface area (Å²) in [5.41, 5.74) is -0.845. The highest BCUT2D eigenvalue weighted by molar-refractivity contribution is 5.85. The van der Waals surface area contributed by atoms with Crippen molar-refractivity contribution in [2.45, 2.75) is 62.8 Å². The number of rotatable bonds is 0. The van der Waals surface area contributed by atoms with Crippen LogP contribution in [0, 0.1) is 0 Å². The Bertz CT molecular complexity index is 201. The van der Waals surface area contributed by atoms with Gasteiger partial charge in [-0.2, -0.15) is 0 Å². The van der Waals surface area contributed by atoms with E-state index in [1.165, 1.54) is 0 Å². The van der Waals surface area contributed by atoms with E-state index >= 15 is 0 Å². The van der Waals surface area contributed by atoms with Gasteiger partial charge in [-0.3, -0.25) is 0 Å². The van der Waals surface area contributed by atoms with Crippen LogP contribution in [-0.2, 0) is 0 Å². The van der Waals surface area contributed by atoms with Crippen LogP contribution in [0.5, 0.6) is 0 Å². The van der Waals surface area contributed by atoms with E-state index in [9.17, 15) is 8.78 Å². The smallest absolute Gasteiger partial charge is 0.265 e. The molecule has 90 valence electrons. The normalized spacial score (nSPS) is 29.2. The predicted molar refractivity (Wildman–Crippen MR) is 59.9 cm³/mol. The van der Waals surface area contributed by atoms with Crippen molar-refractivity contribution in [1.82, 2.24) is 5.32 Å². The van der Waals surface area contributed by atoms with E-state index < -0.39 is 11.5 Å². The van der Waals surface area contributed by atoms with Gasteiger partial charge in [-0.1, -0.05) is 25.7 Å². The van der Waals surface area contributed by atoms with Crippen LogP contribution in [0.3, 0.4) is 0 Å². The topological polar surface area (TPSA) is 12.0 Å². The minimum Gasteiger partial charge on any atom is -0.306 e. The second-order valence-corrected chi connectivity index (χ2v) is 4.73. The average molecular weight is 240 g/mol. The third-order valence-corrected chi connectivity index (χ3v) is 3.79. The Hall–Kier alpha value is 0.110. The lowest BCUT2D eigenvalue weighted by Crippen LogP contribution is -2.61. The van der Waals surface area contributed by atoms with Gasteiger partial charge in [0.25, 0.3) is 5.92 Å². The largest absolute Gasteiger partial charge is 0.306 e. The van der Waals surface area contributed by atoms with Crippen molar-refractivity contribution >= 4 is 12.4 Å². The van der Waals surface area contributed by atoms with Crippen molar-refractivity contribution in [2.24, 2.45) is 0 Å². The molecule has 0 aromatic rings. The molecule has 15 heavy (non-hydrogen) atoms. The molecule has 1 heterocycles. The van der Waals surface area contributed by atoms with Crippen molar-refractivity contribution in [1.29, 1.82) is 0 Å². The molecule has 1 N–H and O–H groups in total. The van der Waals surface area contributed by atoms with Crippen molar-refractivity contribution in [3.05, 3.63) is 0 Å². The third kappa shape index (κ3) is 2.44. The summed E-state index contributed by atoms with van der Waals surface area (Å²) in [5.74, 6) is -2.48. The number of piperidine rings is 1. The Morgan fingerprint density at radius 3 is 1.93 bits per heavy atom. The molecule has 0 bridgehead atoms. The number of alkyl halides is 2. The molecule has 2 rings (SSSR count). The van der Waals surface area contributed by atoms with Gasteiger partial charge in [0.05, 0.1) is 5.54 Å². The van der Waals surface area contributed by atoms with Crippen LogP contribution in [0.4, 0.5) is 8.78 Å². The quantitative estimate of drug-likeness (QED) is 0.682. The molecule has 0 radical (unpaired) electrons. The van der Waals surface area contributed by atoms with Crippen LogP contribution >= 0.6 is 12.4 Å². The van der Waals surface area contributed by atoms with Crippen molar-refractivity contribution in [3.8, 4) is 0 Å². The monoisotopic (exact) mass is 239 g/mol. The molecule has 1 aliphatic heterocycles. The summed E-state index contributed by atoms with van der Waals surface area (Å²) in [4.78, 5) is 0. The van der Waals surface area contributed by atoms with E-state index in [1.54, 1.807) is 0 Å². The molecule has 1 nitrogen and oxygen atoms in total.